The first-order valence-electron chi connectivity index (χ1n) is 8.29. The van der Waals surface area contributed by atoms with Gasteiger partial charge >= 0.3 is 0 Å². The number of hydrogen-bond acceptors (Lipinski definition) is 5. The van der Waals surface area contributed by atoms with Crippen LogP contribution in [0.4, 0.5) is 0 Å². The molecule has 0 saturated carbocycles. The van der Waals surface area contributed by atoms with Crippen molar-refractivity contribution in [2.24, 2.45) is 0 Å². The van der Waals surface area contributed by atoms with Crippen molar-refractivity contribution in [3.05, 3.63) is 16.1 Å². The van der Waals surface area contributed by atoms with Crippen molar-refractivity contribution in [1.82, 2.24) is 15.2 Å². The third kappa shape index (κ3) is 3.86. The van der Waals surface area contributed by atoms with E-state index in [1.807, 2.05) is 4.90 Å². The third-order valence-corrected chi connectivity index (χ3v) is 5.53. The Morgan fingerprint density at radius 2 is 2.50 bits per heavy atom. The maximum atomic E-state index is 12.5. The van der Waals surface area contributed by atoms with Crippen molar-refractivity contribution < 1.29 is 9.53 Å². The van der Waals surface area contributed by atoms with E-state index >= 15 is 0 Å². The molecule has 1 aromatic rings. The number of piperidine rings is 1. The minimum Gasteiger partial charge on any atom is -0.378 e. The van der Waals surface area contributed by atoms with Gasteiger partial charge in [0.05, 0.1) is 23.9 Å². The van der Waals surface area contributed by atoms with Crippen molar-refractivity contribution in [2.45, 2.75) is 44.6 Å². The first-order valence-corrected chi connectivity index (χ1v) is 9.17. The van der Waals surface area contributed by atoms with Crippen molar-refractivity contribution in [3.63, 3.8) is 0 Å². The second kappa shape index (κ2) is 7.53. The maximum absolute atomic E-state index is 12.5. The first-order chi connectivity index (χ1) is 10.8. The lowest BCUT2D eigenvalue weighted by atomic mass is 9.98. The molecule has 122 valence electrons. The Balaban J connectivity index is 1.56. The molecule has 22 heavy (non-hydrogen) atoms. The first kappa shape index (κ1) is 15.9. The zero-order valence-electron chi connectivity index (χ0n) is 13.2. The van der Waals surface area contributed by atoms with Crippen LogP contribution in [0.15, 0.2) is 5.38 Å². The topological polar surface area (TPSA) is 54.5 Å². The normalized spacial score (nSPS) is 26.1. The van der Waals surface area contributed by atoms with E-state index in [0.717, 1.165) is 45.5 Å². The minimum absolute atomic E-state index is 0.174. The van der Waals surface area contributed by atoms with E-state index in [1.54, 1.807) is 11.3 Å². The van der Waals surface area contributed by atoms with Gasteiger partial charge in [-0.05, 0) is 19.3 Å². The lowest BCUT2D eigenvalue weighted by Crippen LogP contribution is -2.46. The van der Waals surface area contributed by atoms with Gasteiger partial charge in [0.15, 0.2) is 0 Å². The summed E-state index contributed by atoms with van der Waals surface area (Å²) < 4.78 is 5.43. The molecule has 0 spiro atoms. The van der Waals surface area contributed by atoms with Crippen molar-refractivity contribution in [2.75, 3.05) is 32.8 Å². The van der Waals surface area contributed by atoms with E-state index in [4.69, 9.17) is 9.72 Å². The summed E-state index contributed by atoms with van der Waals surface area (Å²) in [7, 11) is 0. The Hall–Kier alpha value is -0.980. The number of carbonyl (C=O) groups excluding carboxylic acids is 1. The van der Waals surface area contributed by atoms with Gasteiger partial charge in [-0.25, -0.2) is 4.98 Å². The van der Waals surface area contributed by atoms with Crippen LogP contribution in [0.5, 0.6) is 0 Å². The van der Waals surface area contributed by atoms with Crippen LogP contribution in [0.2, 0.25) is 0 Å². The fraction of sp³-hybridized carbons (Fsp3) is 0.750. The number of rotatable bonds is 4. The van der Waals surface area contributed by atoms with E-state index < -0.39 is 0 Å². The highest BCUT2D eigenvalue weighted by Crippen LogP contribution is 2.29. The average Bonchev–Trinajstić information content (AvgIpc) is 3.05. The third-order valence-electron chi connectivity index (χ3n) is 4.47. The van der Waals surface area contributed by atoms with Crippen LogP contribution >= 0.6 is 11.3 Å². The molecule has 0 bridgehead atoms. The Labute approximate surface area is 136 Å². The second-order valence-corrected chi connectivity index (χ2v) is 7.03. The number of ether oxygens (including phenoxy) is 1. The Kier molecular flexibility index (Phi) is 5.44. The number of morpholine rings is 1. The Morgan fingerprint density at radius 3 is 3.23 bits per heavy atom. The number of aromatic nitrogens is 1. The SMILES string of the molecule is CCc1csc(C2CCCN(C(=O)CC3COCCN3)C2)n1. The molecule has 2 saturated heterocycles. The fourth-order valence-corrected chi connectivity index (χ4v) is 4.20. The van der Waals surface area contributed by atoms with Crippen molar-refractivity contribution in [1.29, 1.82) is 0 Å². The highest BCUT2D eigenvalue weighted by Gasteiger charge is 2.28. The maximum Gasteiger partial charge on any atom is 0.224 e. The molecule has 2 unspecified atom stereocenters. The Morgan fingerprint density at radius 1 is 1.59 bits per heavy atom. The molecule has 2 aliphatic heterocycles. The van der Waals surface area contributed by atoms with Gasteiger partial charge in [-0.15, -0.1) is 11.3 Å². The lowest BCUT2D eigenvalue weighted by Gasteiger charge is -2.33. The minimum atomic E-state index is 0.174. The molecule has 3 rings (SSSR count). The van der Waals surface area contributed by atoms with E-state index in [2.05, 4.69) is 17.6 Å². The van der Waals surface area contributed by atoms with E-state index in [1.165, 1.54) is 10.7 Å². The number of amides is 1. The van der Waals surface area contributed by atoms with Crippen LogP contribution in [0.3, 0.4) is 0 Å². The van der Waals surface area contributed by atoms with Crippen LogP contribution in [0, 0.1) is 0 Å². The molecular weight excluding hydrogens is 298 g/mol. The largest absolute Gasteiger partial charge is 0.378 e. The molecular formula is C16H25N3O2S. The summed E-state index contributed by atoms with van der Waals surface area (Å²) in [5.74, 6) is 0.665. The van der Waals surface area contributed by atoms with Crippen LogP contribution < -0.4 is 5.32 Å². The zero-order valence-corrected chi connectivity index (χ0v) is 14.0. The van der Waals surface area contributed by atoms with Crippen LogP contribution in [-0.2, 0) is 16.0 Å². The fourth-order valence-electron chi connectivity index (χ4n) is 3.17. The molecule has 5 nitrogen and oxygen atoms in total. The van der Waals surface area contributed by atoms with Crippen LogP contribution in [0.1, 0.15) is 42.8 Å². The van der Waals surface area contributed by atoms with Crippen LogP contribution in [-0.4, -0.2) is 54.7 Å². The highest BCUT2D eigenvalue weighted by atomic mass is 32.1. The monoisotopic (exact) mass is 323 g/mol. The molecule has 0 aromatic carbocycles. The predicted molar refractivity (Wildman–Crippen MR) is 87.3 cm³/mol. The molecule has 3 heterocycles. The van der Waals surface area contributed by atoms with Gasteiger partial charge in [-0.2, -0.15) is 0 Å². The molecule has 1 aromatic heterocycles. The van der Waals surface area contributed by atoms with E-state index in [0.29, 0.717) is 18.9 Å². The van der Waals surface area contributed by atoms with E-state index in [-0.39, 0.29) is 11.9 Å². The predicted octanol–water partition coefficient (Wildman–Crippen LogP) is 1.79. The smallest absolute Gasteiger partial charge is 0.224 e. The summed E-state index contributed by atoms with van der Waals surface area (Å²) in [6.45, 7) is 6.09. The quantitative estimate of drug-likeness (QED) is 0.918. The number of hydrogen-bond donors (Lipinski definition) is 1. The summed E-state index contributed by atoms with van der Waals surface area (Å²) in [5, 5.41) is 6.71. The number of nitrogens with zero attached hydrogens (tertiary/aromatic N) is 2. The van der Waals surface area contributed by atoms with Crippen molar-refractivity contribution >= 4 is 17.2 Å². The summed E-state index contributed by atoms with van der Waals surface area (Å²) >= 11 is 1.75. The summed E-state index contributed by atoms with van der Waals surface area (Å²) in [6.07, 6.45) is 3.75. The van der Waals surface area contributed by atoms with Gasteiger partial charge in [-0.3, -0.25) is 4.79 Å². The number of likely N-dealkylation sites (tertiary alicyclic amines) is 1. The molecule has 2 fully saturated rings. The van der Waals surface area contributed by atoms with Gasteiger partial charge in [0, 0.05) is 43.4 Å². The van der Waals surface area contributed by atoms with Gasteiger partial charge in [-0.1, -0.05) is 6.92 Å². The average molecular weight is 323 g/mol. The molecule has 2 atom stereocenters. The molecule has 1 N–H and O–H groups in total. The summed E-state index contributed by atoms with van der Waals surface area (Å²) in [5.41, 5.74) is 1.17. The molecule has 2 aliphatic rings. The van der Waals surface area contributed by atoms with Crippen molar-refractivity contribution in [3.8, 4) is 0 Å². The molecule has 1 amide bonds. The molecule has 0 radical (unpaired) electrons. The zero-order chi connectivity index (χ0) is 15.4. The standard InChI is InChI=1S/C16H25N3O2S/c1-2-13-11-22-16(18-13)12-4-3-6-19(9-12)15(20)8-14-10-21-7-5-17-14/h11-12,14,17H,2-10H2,1H3. The van der Waals surface area contributed by atoms with Gasteiger partial charge in [0.2, 0.25) is 5.91 Å². The van der Waals surface area contributed by atoms with Gasteiger partial charge in [0.25, 0.3) is 0 Å². The number of nitrogens with one attached hydrogen (secondary N) is 1. The number of aryl methyl sites for hydroxylation is 1. The van der Waals surface area contributed by atoms with Gasteiger partial charge in [0.1, 0.15) is 0 Å². The van der Waals surface area contributed by atoms with Gasteiger partial charge < -0.3 is 15.0 Å². The Bertz CT molecular complexity index is 499. The highest BCUT2D eigenvalue weighted by molar-refractivity contribution is 7.09. The second-order valence-electron chi connectivity index (χ2n) is 6.14. The number of carbonyl (C=O) groups is 1. The molecule has 6 heteroatoms. The lowest BCUT2D eigenvalue weighted by molar-refractivity contribution is -0.133. The van der Waals surface area contributed by atoms with Crippen LogP contribution in [0.25, 0.3) is 0 Å². The summed E-state index contributed by atoms with van der Waals surface area (Å²) in [6, 6.07) is 0.174. The number of thiazole rings is 1. The molecule has 0 aliphatic carbocycles. The summed E-state index contributed by atoms with van der Waals surface area (Å²) in [4.78, 5) is 19.3. The van der Waals surface area contributed by atoms with E-state index in [9.17, 15) is 4.79 Å².